The first-order valence-corrected chi connectivity index (χ1v) is 7.60. The Kier molecular flexibility index (Phi) is 3.84. The number of hydrogen-bond donors (Lipinski definition) is 0. The number of piperidine rings is 2. The van der Waals surface area contributed by atoms with Gasteiger partial charge in [0.05, 0.1) is 10.0 Å². The molecule has 0 bridgehead atoms. The van der Waals surface area contributed by atoms with Crippen molar-refractivity contribution in [3.05, 3.63) is 33.8 Å². The second-order valence-electron chi connectivity index (χ2n) is 5.59. The van der Waals surface area contributed by atoms with Crippen molar-refractivity contribution in [3.8, 4) is 0 Å². The summed E-state index contributed by atoms with van der Waals surface area (Å²) in [4.78, 5) is 14.0. The van der Waals surface area contributed by atoms with Gasteiger partial charge >= 0.3 is 0 Å². The lowest BCUT2D eigenvalue weighted by Crippen LogP contribution is -2.47. The highest BCUT2D eigenvalue weighted by atomic mass is 35.5. The van der Waals surface area contributed by atoms with Gasteiger partial charge in [0, 0.05) is 32.0 Å². The molecule has 1 aromatic carbocycles. The molecule has 0 spiro atoms. The molecule has 0 saturated carbocycles. The molecule has 0 amide bonds. The van der Waals surface area contributed by atoms with Crippen LogP contribution in [0.25, 0.3) is 0 Å². The van der Waals surface area contributed by atoms with Crippen LogP contribution in [0.3, 0.4) is 0 Å². The van der Waals surface area contributed by atoms with Crippen molar-refractivity contribution in [2.45, 2.75) is 37.6 Å². The van der Waals surface area contributed by atoms with Crippen LogP contribution in [0.15, 0.2) is 18.2 Å². The van der Waals surface area contributed by atoms with Crippen LogP contribution in [0, 0.1) is 0 Å². The van der Waals surface area contributed by atoms with Crippen molar-refractivity contribution < 1.29 is 4.79 Å². The minimum Gasteiger partial charge on any atom is -0.300 e. The molecule has 0 N–H and O–H groups in total. The monoisotopic (exact) mass is 297 g/mol. The number of halogens is 2. The van der Waals surface area contributed by atoms with Crippen molar-refractivity contribution in [1.82, 2.24) is 4.90 Å². The van der Waals surface area contributed by atoms with Gasteiger partial charge in [0.1, 0.15) is 5.78 Å². The number of carbonyl (C=O) groups is 1. The predicted octanol–water partition coefficient (Wildman–Crippen LogP) is 3.90. The number of Topliss-reactive ketones (excluding diaryl/α,β-unsaturated/α-hetero) is 1. The van der Waals surface area contributed by atoms with Gasteiger partial charge in [0.2, 0.25) is 0 Å². The van der Waals surface area contributed by atoms with E-state index in [4.69, 9.17) is 23.2 Å². The minimum absolute atomic E-state index is 0.425. The third kappa shape index (κ3) is 2.81. The quantitative estimate of drug-likeness (QED) is 0.783. The van der Waals surface area contributed by atoms with Crippen LogP contribution in [0.1, 0.15) is 37.2 Å². The summed E-state index contributed by atoms with van der Waals surface area (Å²) in [6.07, 6.45) is 3.70. The van der Waals surface area contributed by atoms with Crippen LogP contribution in [0.5, 0.6) is 0 Å². The molecule has 0 aliphatic carbocycles. The Morgan fingerprint density at radius 1 is 1.16 bits per heavy atom. The molecule has 2 aliphatic rings. The Labute approximate surface area is 123 Å². The van der Waals surface area contributed by atoms with E-state index in [2.05, 4.69) is 11.0 Å². The second-order valence-corrected chi connectivity index (χ2v) is 6.40. The first-order valence-electron chi connectivity index (χ1n) is 6.84. The summed E-state index contributed by atoms with van der Waals surface area (Å²) in [5.74, 6) is 0.938. The third-order valence-corrected chi connectivity index (χ3v) is 5.11. The van der Waals surface area contributed by atoms with Gasteiger partial charge in [0.25, 0.3) is 0 Å². The number of hydrogen-bond acceptors (Lipinski definition) is 2. The molecule has 2 nitrogen and oxygen atoms in total. The van der Waals surface area contributed by atoms with E-state index in [0.717, 1.165) is 32.4 Å². The molecular weight excluding hydrogens is 281 g/mol. The summed E-state index contributed by atoms with van der Waals surface area (Å²) < 4.78 is 0. The molecule has 0 radical (unpaired) electrons. The Hall–Kier alpha value is -0.570. The van der Waals surface area contributed by atoms with E-state index in [-0.39, 0.29) is 0 Å². The van der Waals surface area contributed by atoms with E-state index >= 15 is 0 Å². The largest absolute Gasteiger partial charge is 0.300 e. The molecule has 3 rings (SSSR count). The summed E-state index contributed by atoms with van der Waals surface area (Å²) in [5.41, 5.74) is 1.27. The Morgan fingerprint density at radius 3 is 2.79 bits per heavy atom. The fourth-order valence-corrected chi connectivity index (χ4v) is 3.58. The van der Waals surface area contributed by atoms with Crippen LogP contribution in [0.2, 0.25) is 10.0 Å². The molecule has 1 aromatic rings. The zero-order chi connectivity index (χ0) is 13.4. The molecule has 2 aliphatic heterocycles. The van der Waals surface area contributed by atoms with Crippen molar-refractivity contribution >= 4 is 29.0 Å². The molecule has 102 valence electrons. The maximum atomic E-state index is 11.5. The zero-order valence-electron chi connectivity index (χ0n) is 10.7. The third-order valence-electron chi connectivity index (χ3n) is 4.38. The Morgan fingerprint density at radius 2 is 2.00 bits per heavy atom. The van der Waals surface area contributed by atoms with Crippen LogP contribution >= 0.6 is 23.2 Å². The highest BCUT2D eigenvalue weighted by Crippen LogP contribution is 2.35. The van der Waals surface area contributed by atoms with Crippen LogP contribution in [-0.2, 0) is 4.79 Å². The van der Waals surface area contributed by atoms with Gasteiger partial charge in [-0.1, -0.05) is 29.3 Å². The average Bonchev–Trinajstić information content (AvgIpc) is 2.41. The molecule has 2 fully saturated rings. The van der Waals surface area contributed by atoms with Crippen molar-refractivity contribution in [2.75, 3.05) is 13.1 Å². The second kappa shape index (κ2) is 5.43. The van der Waals surface area contributed by atoms with Gasteiger partial charge in [0.15, 0.2) is 0 Å². The fraction of sp³-hybridized carbons (Fsp3) is 0.533. The summed E-state index contributed by atoms with van der Waals surface area (Å²) in [6.45, 7) is 1.96. The summed E-state index contributed by atoms with van der Waals surface area (Å²) in [6, 6.07) is 6.42. The first-order chi connectivity index (χ1) is 9.13. The smallest absolute Gasteiger partial charge is 0.135 e. The number of benzene rings is 1. The van der Waals surface area contributed by atoms with Crippen LogP contribution < -0.4 is 0 Å². The van der Waals surface area contributed by atoms with Crippen molar-refractivity contribution in [2.24, 2.45) is 0 Å². The number of rotatable bonds is 1. The molecule has 2 heterocycles. The first kappa shape index (κ1) is 13.4. The number of carbonyl (C=O) groups excluding carboxylic acids is 1. The number of ketones is 1. The summed E-state index contributed by atoms with van der Waals surface area (Å²) in [5, 5.41) is 1.25. The molecule has 2 atom stereocenters. The summed E-state index contributed by atoms with van der Waals surface area (Å²) in [7, 11) is 0. The minimum atomic E-state index is 0.425. The van der Waals surface area contributed by atoms with Gasteiger partial charge in [-0.2, -0.15) is 0 Å². The molecule has 0 aromatic heterocycles. The maximum absolute atomic E-state index is 11.5. The highest BCUT2D eigenvalue weighted by Gasteiger charge is 2.33. The van der Waals surface area contributed by atoms with Gasteiger partial charge in [-0.3, -0.25) is 9.69 Å². The molecule has 2 saturated heterocycles. The van der Waals surface area contributed by atoms with E-state index in [1.165, 1.54) is 5.56 Å². The lowest BCUT2D eigenvalue weighted by atomic mass is 9.84. The van der Waals surface area contributed by atoms with Gasteiger partial charge < -0.3 is 0 Å². The van der Waals surface area contributed by atoms with Gasteiger partial charge in [-0.15, -0.1) is 0 Å². The Bertz CT molecular complexity index is 503. The van der Waals surface area contributed by atoms with E-state index in [1.807, 2.05) is 12.1 Å². The Balaban J connectivity index is 1.74. The van der Waals surface area contributed by atoms with Gasteiger partial charge in [-0.05, 0) is 36.5 Å². The van der Waals surface area contributed by atoms with E-state index in [1.54, 1.807) is 0 Å². The standard InChI is InChI=1S/C15H17Cl2NO/c16-14-4-2-10(7-15(14)17)11-1-3-12-8-13(19)5-6-18(12)9-11/h2,4,7,11-12H,1,3,5-6,8-9H2/t11-,12+/m0/s1. The van der Waals surface area contributed by atoms with Crippen LogP contribution in [0.4, 0.5) is 0 Å². The molecule has 19 heavy (non-hydrogen) atoms. The van der Waals surface area contributed by atoms with Crippen molar-refractivity contribution in [1.29, 1.82) is 0 Å². The SMILES string of the molecule is O=C1CCN2C[C@@H](c3ccc(Cl)c(Cl)c3)CC[C@@H]2C1. The lowest BCUT2D eigenvalue weighted by molar-refractivity contribution is -0.124. The molecule has 4 heteroatoms. The predicted molar refractivity (Wildman–Crippen MR) is 78.0 cm³/mol. The lowest BCUT2D eigenvalue weighted by Gasteiger charge is -2.42. The van der Waals surface area contributed by atoms with Gasteiger partial charge in [-0.25, -0.2) is 0 Å². The van der Waals surface area contributed by atoms with Crippen molar-refractivity contribution in [3.63, 3.8) is 0 Å². The van der Waals surface area contributed by atoms with E-state index in [0.29, 0.717) is 34.2 Å². The normalized spacial score (nSPS) is 28.2. The fourth-order valence-electron chi connectivity index (χ4n) is 3.28. The van der Waals surface area contributed by atoms with Crippen LogP contribution in [-0.4, -0.2) is 29.8 Å². The molecule has 0 unspecified atom stereocenters. The van der Waals surface area contributed by atoms with E-state index < -0.39 is 0 Å². The average molecular weight is 298 g/mol. The zero-order valence-corrected chi connectivity index (χ0v) is 12.3. The topological polar surface area (TPSA) is 20.3 Å². The number of fused-ring (bicyclic) bond motifs is 1. The number of nitrogens with zero attached hydrogens (tertiary/aromatic N) is 1. The van der Waals surface area contributed by atoms with E-state index in [9.17, 15) is 4.79 Å². The molecular formula is C15H17Cl2NO. The maximum Gasteiger partial charge on any atom is 0.135 e. The highest BCUT2D eigenvalue weighted by molar-refractivity contribution is 6.42. The summed E-state index contributed by atoms with van der Waals surface area (Å²) >= 11 is 12.1.